The Labute approximate surface area is 174 Å². The topological polar surface area (TPSA) is 110 Å². The maximum atomic E-state index is 13.0. The fourth-order valence-corrected chi connectivity index (χ4v) is 4.93. The summed E-state index contributed by atoms with van der Waals surface area (Å²) in [6.07, 6.45) is 3.66. The third-order valence-corrected chi connectivity index (χ3v) is 7.04. The standard InChI is InChI=1S/C20H22ClN3O4S/c21-18-10-9-16(29(27,28)24-11-3-1-2-4-12-24)13-17(18)20(26)23-15-7-5-14(6-8-15)19(22)25/h5-10,13H,1-4,11-12H2,(H2,22,25)(H,23,26). The first kappa shape index (κ1) is 21.3. The van der Waals surface area contributed by atoms with Crippen LogP contribution < -0.4 is 11.1 Å². The van der Waals surface area contributed by atoms with Gasteiger partial charge in [-0.2, -0.15) is 4.31 Å². The Morgan fingerprint density at radius 2 is 1.59 bits per heavy atom. The van der Waals surface area contributed by atoms with E-state index in [1.54, 1.807) is 0 Å². The summed E-state index contributed by atoms with van der Waals surface area (Å²) in [6, 6.07) is 10.2. The largest absolute Gasteiger partial charge is 0.366 e. The van der Waals surface area contributed by atoms with Crippen LogP contribution in [-0.2, 0) is 10.0 Å². The Balaban J connectivity index is 1.84. The summed E-state index contributed by atoms with van der Waals surface area (Å²) in [6.45, 7) is 0.942. The molecule has 29 heavy (non-hydrogen) atoms. The van der Waals surface area contributed by atoms with Gasteiger partial charge in [-0.1, -0.05) is 24.4 Å². The van der Waals surface area contributed by atoms with Gasteiger partial charge in [0.25, 0.3) is 5.91 Å². The van der Waals surface area contributed by atoms with Gasteiger partial charge < -0.3 is 11.1 Å². The molecule has 3 N–H and O–H groups in total. The van der Waals surface area contributed by atoms with Gasteiger partial charge in [0.05, 0.1) is 15.5 Å². The van der Waals surface area contributed by atoms with Gasteiger partial charge in [0.2, 0.25) is 15.9 Å². The molecule has 0 bridgehead atoms. The molecular formula is C20H22ClN3O4S. The number of nitrogens with two attached hydrogens (primary N) is 1. The minimum absolute atomic E-state index is 0.0398. The molecule has 0 aliphatic carbocycles. The van der Waals surface area contributed by atoms with Crippen LogP contribution >= 0.6 is 11.6 Å². The van der Waals surface area contributed by atoms with Crippen molar-refractivity contribution >= 4 is 39.1 Å². The smallest absolute Gasteiger partial charge is 0.257 e. The number of amides is 2. The number of carbonyl (C=O) groups excluding carboxylic acids is 2. The zero-order valence-electron chi connectivity index (χ0n) is 15.7. The second-order valence-corrected chi connectivity index (χ2v) is 9.20. The second kappa shape index (κ2) is 8.94. The number of rotatable bonds is 5. The third kappa shape index (κ3) is 4.95. The van der Waals surface area contributed by atoms with Crippen molar-refractivity contribution in [2.75, 3.05) is 18.4 Å². The molecule has 9 heteroatoms. The molecule has 0 radical (unpaired) electrons. The Morgan fingerprint density at radius 3 is 2.17 bits per heavy atom. The predicted octanol–water partition coefficient (Wildman–Crippen LogP) is 3.26. The van der Waals surface area contributed by atoms with E-state index in [1.807, 2.05) is 0 Å². The van der Waals surface area contributed by atoms with Crippen LogP contribution in [0.3, 0.4) is 0 Å². The normalized spacial score (nSPS) is 15.5. The number of anilines is 1. The summed E-state index contributed by atoms with van der Waals surface area (Å²) in [4.78, 5) is 23.8. The van der Waals surface area contributed by atoms with E-state index < -0.39 is 21.8 Å². The maximum absolute atomic E-state index is 13.0. The number of hydrogen-bond acceptors (Lipinski definition) is 4. The van der Waals surface area contributed by atoms with E-state index in [9.17, 15) is 18.0 Å². The van der Waals surface area contributed by atoms with Gasteiger partial charge >= 0.3 is 0 Å². The number of halogens is 1. The lowest BCUT2D eigenvalue weighted by Crippen LogP contribution is -2.32. The van der Waals surface area contributed by atoms with E-state index in [0.29, 0.717) is 24.3 Å². The number of hydrogen-bond donors (Lipinski definition) is 2. The van der Waals surface area contributed by atoms with E-state index in [4.69, 9.17) is 17.3 Å². The molecule has 154 valence electrons. The van der Waals surface area contributed by atoms with Crippen molar-refractivity contribution in [2.45, 2.75) is 30.6 Å². The van der Waals surface area contributed by atoms with Gasteiger partial charge in [-0.05, 0) is 55.3 Å². The second-order valence-electron chi connectivity index (χ2n) is 6.86. The van der Waals surface area contributed by atoms with Crippen LogP contribution in [-0.4, -0.2) is 37.6 Å². The molecule has 1 heterocycles. The molecule has 3 rings (SSSR count). The molecule has 2 aromatic carbocycles. The molecule has 2 aromatic rings. The highest BCUT2D eigenvalue weighted by Gasteiger charge is 2.26. The van der Waals surface area contributed by atoms with E-state index in [1.165, 1.54) is 46.8 Å². The Kier molecular flexibility index (Phi) is 6.56. The van der Waals surface area contributed by atoms with E-state index in [0.717, 1.165) is 25.7 Å². The lowest BCUT2D eigenvalue weighted by molar-refractivity contribution is 0.0998. The van der Waals surface area contributed by atoms with Crippen molar-refractivity contribution in [1.29, 1.82) is 0 Å². The predicted molar refractivity (Wildman–Crippen MR) is 112 cm³/mol. The average molecular weight is 436 g/mol. The number of nitrogens with zero attached hydrogens (tertiary/aromatic N) is 1. The number of primary amides is 1. The molecule has 1 saturated heterocycles. The first-order chi connectivity index (χ1) is 13.8. The molecule has 0 saturated carbocycles. The van der Waals surface area contributed by atoms with Gasteiger partial charge in [-0.25, -0.2) is 8.42 Å². The van der Waals surface area contributed by atoms with Crippen molar-refractivity contribution in [3.8, 4) is 0 Å². The van der Waals surface area contributed by atoms with Crippen molar-refractivity contribution in [3.05, 3.63) is 58.6 Å². The van der Waals surface area contributed by atoms with Gasteiger partial charge in [0, 0.05) is 24.3 Å². The van der Waals surface area contributed by atoms with Crippen LogP contribution in [0.15, 0.2) is 47.4 Å². The quantitative estimate of drug-likeness (QED) is 0.750. The SMILES string of the molecule is NC(=O)c1ccc(NC(=O)c2cc(S(=O)(=O)N3CCCCCC3)ccc2Cl)cc1. The monoisotopic (exact) mass is 435 g/mol. The molecule has 2 amide bonds. The summed E-state index contributed by atoms with van der Waals surface area (Å²) in [5.41, 5.74) is 6.00. The number of nitrogens with one attached hydrogen (secondary N) is 1. The molecular weight excluding hydrogens is 414 g/mol. The lowest BCUT2D eigenvalue weighted by Gasteiger charge is -2.20. The highest BCUT2D eigenvalue weighted by molar-refractivity contribution is 7.89. The third-order valence-electron chi connectivity index (χ3n) is 4.81. The zero-order valence-corrected chi connectivity index (χ0v) is 17.3. The maximum Gasteiger partial charge on any atom is 0.257 e. The molecule has 0 spiro atoms. The molecule has 1 aliphatic rings. The van der Waals surface area contributed by atoms with Crippen LogP contribution in [0.1, 0.15) is 46.4 Å². The highest BCUT2D eigenvalue weighted by Crippen LogP contribution is 2.25. The van der Waals surface area contributed by atoms with Crippen LogP contribution in [0.2, 0.25) is 5.02 Å². The van der Waals surface area contributed by atoms with Gasteiger partial charge in [-0.3, -0.25) is 9.59 Å². The Hall–Kier alpha value is -2.42. The summed E-state index contributed by atoms with van der Waals surface area (Å²) < 4.78 is 27.5. The Bertz CT molecular complexity index is 1010. The van der Waals surface area contributed by atoms with Crippen molar-refractivity contribution in [3.63, 3.8) is 0 Å². The van der Waals surface area contributed by atoms with Gasteiger partial charge in [0.15, 0.2) is 0 Å². The molecule has 7 nitrogen and oxygen atoms in total. The minimum Gasteiger partial charge on any atom is -0.366 e. The van der Waals surface area contributed by atoms with Crippen LogP contribution in [0.25, 0.3) is 0 Å². The fraction of sp³-hybridized carbons (Fsp3) is 0.300. The van der Waals surface area contributed by atoms with Crippen LogP contribution in [0.4, 0.5) is 5.69 Å². The van der Waals surface area contributed by atoms with Crippen LogP contribution in [0.5, 0.6) is 0 Å². The van der Waals surface area contributed by atoms with Gasteiger partial charge in [0.1, 0.15) is 0 Å². The molecule has 1 aliphatic heterocycles. The van der Waals surface area contributed by atoms with Crippen molar-refractivity contribution in [2.24, 2.45) is 5.73 Å². The summed E-state index contributed by atoms with van der Waals surface area (Å²) in [5.74, 6) is -1.12. The molecule has 0 aromatic heterocycles. The number of carbonyl (C=O) groups is 2. The highest BCUT2D eigenvalue weighted by atomic mass is 35.5. The number of sulfonamides is 1. The summed E-state index contributed by atoms with van der Waals surface area (Å²) in [7, 11) is -3.70. The summed E-state index contributed by atoms with van der Waals surface area (Å²) in [5, 5.41) is 2.79. The zero-order chi connectivity index (χ0) is 21.0. The van der Waals surface area contributed by atoms with Gasteiger partial charge in [-0.15, -0.1) is 0 Å². The van der Waals surface area contributed by atoms with E-state index in [2.05, 4.69) is 5.32 Å². The van der Waals surface area contributed by atoms with Crippen molar-refractivity contribution < 1.29 is 18.0 Å². The van der Waals surface area contributed by atoms with E-state index in [-0.39, 0.29) is 15.5 Å². The summed E-state index contributed by atoms with van der Waals surface area (Å²) >= 11 is 6.16. The lowest BCUT2D eigenvalue weighted by atomic mass is 10.1. The fourth-order valence-electron chi connectivity index (χ4n) is 3.19. The molecule has 0 unspecified atom stereocenters. The Morgan fingerprint density at radius 1 is 0.966 bits per heavy atom. The average Bonchev–Trinajstić information content (AvgIpc) is 2.98. The minimum atomic E-state index is -3.70. The number of benzene rings is 2. The van der Waals surface area contributed by atoms with E-state index >= 15 is 0 Å². The van der Waals surface area contributed by atoms with Crippen molar-refractivity contribution in [1.82, 2.24) is 4.31 Å². The molecule has 0 atom stereocenters. The molecule has 1 fully saturated rings. The first-order valence-corrected chi connectivity index (χ1v) is 11.1. The first-order valence-electron chi connectivity index (χ1n) is 9.30. The van der Waals surface area contributed by atoms with Crippen LogP contribution in [0, 0.1) is 0 Å².